The second-order valence-electron chi connectivity index (χ2n) is 7.80. The summed E-state index contributed by atoms with van der Waals surface area (Å²) < 4.78 is 22.0. The van der Waals surface area contributed by atoms with Crippen molar-refractivity contribution in [2.24, 2.45) is 7.05 Å². The number of hydrogen-bond donors (Lipinski definition) is 1. The number of benzene rings is 1. The van der Waals surface area contributed by atoms with Gasteiger partial charge in [0.25, 0.3) is 5.91 Å². The molecule has 0 bridgehead atoms. The van der Waals surface area contributed by atoms with Crippen LogP contribution >= 0.6 is 11.3 Å². The van der Waals surface area contributed by atoms with Crippen molar-refractivity contribution >= 4 is 38.4 Å². The van der Waals surface area contributed by atoms with Crippen LogP contribution in [0.15, 0.2) is 42.7 Å². The molecule has 6 nitrogen and oxygen atoms in total. The Labute approximate surface area is 183 Å². The summed E-state index contributed by atoms with van der Waals surface area (Å²) >= 11 is 1.40. The van der Waals surface area contributed by atoms with Crippen molar-refractivity contribution in [1.82, 2.24) is 19.8 Å². The van der Waals surface area contributed by atoms with E-state index >= 15 is 0 Å². The maximum absolute atomic E-state index is 13.9. The molecular weight excluding hydrogens is 415 g/mol. The molecule has 160 valence electrons. The smallest absolute Gasteiger partial charge is 0.261 e. The van der Waals surface area contributed by atoms with Gasteiger partial charge in [0.05, 0.1) is 12.7 Å². The molecule has 0 saturated carbocycles. The summed E-state index contributed by atoms with van der Waals surface area (Å²) in [6.45, 7) is 2.68. The summed E-state index contributed by atoms with van der Waals surface area (Å²) in [6, 6.07) is 8.79. The van der Waals surface area contributed by atoms with Gasteiger partial charge in [-0.3, -0.25) is 9.69 Å². The maximum Gasteiger partial charge on any atom is 0.261 e. The van der Waals surface area contributed by atoms with Gasteiger partial charge in [0.15, 0.2) is 0 Å². The molecule has 1 aliphatic rings. The molecule has 4 aromatic rings. The van der Waals surface area contributed by atoms with E-state index in [1.165, 1.54) is 17.4 Å². The Kier molecular flexibility index (Phi) is 5.21. The van der Waals surface area contributed by atoms with Crippen LogP contribution in [0.2, 0.25) is 0 Å². The summed E-state index contributed by atoms with van der Waals surface area (Å²) in [5.74, 6) is -0.351. The second-order valence-corrected chi connectivity index (χ2v) is 8.80. The molecular formula is C23H23FN4O2S. The molecule has 8 heteroatoms. The molecule has 31 heavy (non-hydrogen) atoms. The number of carbonyl (C=O) groups is 1. The molecule has 4 heterocycles. The molecule has 0 spiro atoms. The van der Waals surface area contributed by atoms with Crippen molar-refractivity contribution in [3.63, 3.8) is 0 Å². The highest BCUT2D eigenvalue weighted by Crippen LogP contribution is 2.37. The number of fused-ring (bicyclic) bond motifs is 2. The van der Waals surface area contributed by atoms with Gasteiger partial charge in [-0.25, -0.2) is 9.37 Å². The van der Waals surface area contributed by atoms with Crippen molar-refractivity contribution in [2.75, 3.05) is 26.7 Å². The van der Waals surface area contributed by atoms with E-state index in [1.54, 1.807) is 19.3 Å². The molecule has 1 atom stereocenters. The Morgan fingerprint density at radius 1 is 1.35 bits per heavy atom. The average molecular weight is 439 g/mol. The zero-order valence-electron chi connectivity index (χ0n) is 17.4. The van der Waals surface area contributed by atoms with E-state index in [4.69, 9.17) is 4.74 Å². The molecule has 1 fully saturated rings. The lowest BCUT2D eigenvalue weighted by atomic mass is 10.0. The first kappa shape index (κ1) is 20.1. The van der Waals surface area contributed by atoms with E-state index in [1.807, 2.05) is 29.8 Å². The van der Waals surface area contributed by atoms with Crippen LogP contribution in [0.5, 0.6) is 0 Å². The van der Waals surface area contributed by atoms with E-state index in [2.05, 4.69) is 21.4 Å². The lowest BCUT2D eigenvalue weighted by Gasteiger charge is -2.33. The zero-order valence-corrected chi connectivity index (χ0v) is 18.2. The molecule has 1 aromatic carbocycles. The Morgan fingerprint density at radius 3 is 3.06 bits per heavy atom. The Morgan fingerprint density at radius 2 is 2.23 bits per heavy atom. The van der Waals surface area contributed by atoms with Crippen LogP contribution in [-0.2, 0) is 18.3 Å². The third-order valence-corrected chi connectivity index (χ3v) is 6.97. The number of carbonyl (C=O) groups excluding carboxylic acids is 1. The minimum absolute atomic E-state index is 0.122. The van der Waals surface area contributed by atoms with Gasteiger partial charge in [-0.1, -0.05) is 6.07 Å². The lowest BCUT2D eigenvalue weighted by Crippen LogP contribution is -2.38. The Hall–Kier alpha value is -2.81. The summed E-state index contributed by atoms with van der Waals surface area (Å²) in [7, 11) is 3.61. The quantitative estimate of drug-likeness (QED) is 0.526. The van der Waals surface area contributed by atoms with Crippen molar-refractivity contribution in [2.45, 2.75) is 12.6 Å². The van der Waals surface area contributed by atoms with Crippen molar-refractivity contribution in [1.29, 1.82) is 0 Å². The number of amides is 1. The van der Waals surface area contributed by atoms with Gasteiger partial charge < -0.3 is 14.6 Å². The number of hydrogen-bond acceptors (Lipinski definition) is 5. The van der Waals surface area contributed by atoms with Gasteiger partial charge in [0, 0.05) is 68.0 Å². The standard InChI is InChI=1S/C23H23FN4O2S/c1-25-22(29)21-20(16-4-3-7-26-23(16)31-21)19-13-28(8-9-30-19)12-14-11-27(2)18-6-5-15(24)10-17(14)18/h3-7,10-11,19H,8-9,12-13H2,1-2H3,(H,25,29)/t19-/m0/s1. The summed E-state index contributed by atoms with van der Waals surface area (Å²) in [5, 5.41) is 4.63. The number of pyridine rings is 1. The van der Waals surface area contributed by atoms with Crippen LogP contribution in [0.3, 0.4) is 0 Å². The monoisotopic (exact) mass is 438 g/mol. The summed E-state index contributed by atoms with van der Waals surface area (Å²) in [5.41, 5.74) is 3.00. The molecule has 0 radical (unpaired) electrons. The molecule has 3 aromatic heterocycles. The first-order valence-electron chi connectivity index (χ1n) is 10.2. The largest absolute Gasteiger partial charge is 0.371 e. The van der Waals surface area contributed by atoms with Gasteiger partial charge in [-0.15, -0.1) is 11.3 Å². The SMILES string of the molecule is CNC(=O)c1sc2ncccc2c1[C@@H]1CN(Cc2cn(C)c3ccc(F)cc23)CCO1. The first-order chi connectivity index (χ1) is 15.0. The van der Waals surface area contributed by atoms with E-state index in [-0.39, 0.29) is 17.8 Å². The van der Waals surface area contributed by atoms with Crippen LogP contribution < -0.4 is 5.32 Å². The number of rotatable bonds is 4. The van der Waals surface area contributed by atoms with Crippen LogP contribution in [0.1, 0.15) is 26.9 Å². The van der Waals surface area contributed by atoms with Crippen molar-refractivity contribution in [3.05, 3.63) is 64.5 Å². The van der Waals surface area contributed by atoms with Crippen LogP contribution in [0.25, 0.3) is 21.1 Å². The van der Waals surface area contributed by atoms with Crippen LogP contribution in [0.4, 0.5) is 4.39 Å². The fourth-order valence-corrected chi connectivity index (χ4v) is 5.53. The highest BCUT2D eigenvalue weighted by atomic mass is 32.1. The maximum atomic E-state index is 13.9. The number of aryl methyl sites for hydroxylation is 1. The normalized spacial score (nSPS) is 17.5. The molecule has 1 saturated heterocycles. The average Bonchev–Trinajstić information content (AvgIpc) is 3.31. The van der Waals surface area contributed by atoms with Crippen molar-refractivity contribution < 1.29 is 13.9 Å². The molecule has 5 rings (SSSR count). The number of nitrogens with zero attached hydrogens (tertiary/aromatic N) is 3. The fourth-order valence-electron chi connectivity index (χ4n) is 4.39. The number of halogens is 1. The predicted molar refractivity (Wildman–Crippen MR) is 120 cm³/mol. The number of thiophene rings is 1. The number of ether oxygens (including phenoxy) is 1. The summed E-state index contributed by atoms with van der Waals surface area (Å²) in [4.78, 5) is 20.8. The number of aromatic nitrogens is 2. The minimum Gasteiger partial charge on any atom is -0.371 e. The zero-order chi connectivity index (χ0) is 21.5. The highest BCUT2D eigenvalue weighted by Gasteiger charge is 2.30. The van der Waals surface area contributed by atoms with Gasteiger partial charge >= 0.3 is 0 Å². The minimum atomic E-state index is -0.231. The predicted octanol–water partition coefficient (Wildman–Crippen LogP) is 3.86. The van der Waals surface area contributed by atoms with Gasteiger partial charge in [0.2, 0.25) is 0 Å². The molecule has 1 N–H and O–H groups in total. The van der Waals surface area contributed by atoms with E-state index < -0.39 is 0 Å². The topological polar surface area (TPSA) is 59.4 Å². The van der Waals surface area contributed by atoms with Gasteiger partial charge in [-0.05, 0) is 29.8 Å². The Bertz CT molecular complexity index is 1280. The second kappa shape index (κ2) is 8.03. The molecule has 1 aliphatic heterocycles. The Balaban J connectivity index is 1.47. The lowest BCUT2D eigenvalue weighted by molar-refractivity contribution is -0.0322. The van der Waals surface area contributed by atoms with Gasteiger partial charge in [-0.2, -0.15) is 0 Å². The van der Waals surface area contributed by atoms with Crippen LogP contribution in [0, 0.1) is 5.82 Å². The third kappa shape index (κ3) is 3.60. The first-order valence-corrected chi connectivity index (χ1v) is 11.0. The van der Waals surface area contributed by atoms with E-state index in [0.29, 0.717) is 24.6 Å². The third-order valence-electron chi connectivity index (χ3n) is 5.84. The van der Waals surface area contributed by atoms with E-state index in [9.17, 15) is 9.18 Å². The van der Waals surface area contributed by atoms with E-state index in [0.717, 1.165) is 38.8 Å². The summed E-state index contributed by atoms with van der Waals surface area (Å²) in [6.07, 6.45) is 3.57. The fraction of sp³-hybridized carbons (Fsp3) is 0.304. The van der Waals surface area contributed by atoms with Gasteiger partial charge in [0.1, 0.15) is 15.5 Å². The van der Waals surface area contributed by atoms with Crippen molar-refractivity contribution in [3.8, 4) is 0 Å². The van der Waals surface area contributed by atoms with Crippen LogP contribution in [-0.4, -0.2) is 47.1 Å². The highest BCUT2D eigenvalue weighted by molar-refractivity contribution is 7.20. The molecule has 0 aliphatic carbocycles. The number of morpholine rings is 1. The molecule has 1 amide bonds. The number of nitrogens with one attached hydrogen (secondary N) is 1. The molecule has 0 unspecified atom stereocenters.